The van der Waals surface area contributed by atoms with E-state index in [-0.39, 0.29) is 0 Å². The third-order valence-corrected chi connectivity index (χ3v) is 6.96. The van der Waals surface area contributed by atoms with Crippen molar-refractivity contribution in [2.24, 2.45) is 0 Å². The zero-order chi connectivity index (χ0) is 20.1. The Morgan fingerprint density at radius 1 is 0.774 bits per heavy atom. The van der Waals surface area contributed by atoms with E-state index in [0.717, 1.165) is 46.0 Å². The molecule has 2 aromatic carbocycles. The highest BCUT2D eigenvalue weighted by Gasteiger charge is 2.32. The monoisotopic (exact) mass is 396 g/mol. The molecule has 4 heterocycles. The van der Waals surface area contributed by atoms with Gasteiger partial charge >= 0.3 is 0 Å². The molecule has 0 saturated carbocycles. The molecule has 0 fully saturated rings. The molecule has 144 valence electrons. The van der Waals surface area contributed by atoms with Crippen LogP contribution in [0, 0.1) is 0 Å². The second kappa shape index (κ2) is 5.35. The Morgan fingerprint density at radius 3 is 2.74 bits per heavy atom. The van der Waals surface area contributed by atoms with Crippen LogP contribution in [0.25, 0.3) is 49.8 Å². The summed E-state index contributed by atoms with van der Waals surface area (Å²) >= 11 is 0. The summed E-state index contributed by atoms with van der Waals surface area (Å²) in [7, 11) is 0. The highest BCUT2D eigenvalue weighted by atomic mass is 15.0. The molecule has 0 amide bonds. The summed E-state index contributed by atoms with van der Waals surface area (Å²) in [6, 6.07) is 19.6. The number of rotatable bonds is 0. The maximum atomic E-state index is 5.16. The molecule has 4 heteroatoms. The van der Waals surface area contributed by atoms with Gasteiger partial charge in [-0.05, 0) is 52.4 Å². The van der Waals surface area contributed by atoms with E-state index in [1.807, 2.05) is 30.7 Å². The molecular formula is C27H16N4. The Bertz CT molecular complexity index is 1740. The van der Waals surface area contributed by atoms with Gasteiger partial charge in [-0.1, -0.05) is 36.4 Å². The molecule has 8 rings (SSSR count). The number of imidazole rings is 1. The van der Waals surface area contributed by atoms with E-state index in [0.29, 0.717) is 0 Å². The smallest absolute Gasteiger partial charge is 0.147 e. The third-order valence-electron chi connectivity index (χ3n) is 6.96. The van der Waals surface area contributed by atoms with E-state index in [9.17, 15) is 0 Å². The first-order chi connectivity index (χ1) is 15.4. The molecule has 6 aromatic rings. The number of hydrogen-bond donors (Lipinski definition) is 0. The number of pyridine rings is 3. The Balaban J connectivity index is 1.53. The van der Waals surface area contributed by atoms with Gasteiger partial charge in [0.2, 0.25) is 0 Å². The van der Waals surface area contributed by atoms with Gasteiger partial charge in [-0.25, -0.2) is 4.98 Å². The van der Waals surface area contributed by atoms with E-state index < -0.39 is 0 Å². The topological polar surface area (TPSA) is 43.1 Å². The minimum atomic E-state index is 0.868. The summed E-state index contributed by atoms with van der Waals surface area (Å²) in [6.07, 6.45) is 7.50. The van der Waals surface area contributed by atoms with E-state index in [4.69, 9.17) is 9.97 Å². The molecule has 0 atom stereocenters. The van der Waals surface area contributed by atoms with Crippen molar-refractivity contribution in [3.05, 3.63) is 95.6 Å². The van der Waals surface area contributed by atoms with Crippen molar-refractivity contribution in [3.63, 3.8) is 0 Å². The Labute approximate surface area is 177 Å². The first kappa shape index (κ1) is 15.7. The fourth-order valence-corrected chi connectivity index (χ4v) is 5.72. The van der Waals surface area contributed by atoms with E-state index in [1.165, 1.54) is 39.1 Å². The van der Waals surface area contributed by atoms with Gasteiger partial charge in [-0.15, -0.1) is 0 Å². The Kier molecular flexibility index (Phi) is 2.72. The van der Waals surface area contributed by atoms with Crippen LogP contribution >= 0.6 is 0 Å². The van der Waals surface area contributed by atoms with E-state index in [1.54, 1.807) is 0 Å². The minimum absolute atomic E-state index is 0.868. The number of hydrogen-bond acceptors (Lipinski definition) is 3. The molecule has 2 aliphatic rings. The molecule has 4 aromatic heterocycles. The van der Waals surface area contributed by atoms with Gasteiger partial charge < -0.3 is 0 Å². The van der Waals surface area contributed by atoms with Crippen molar-refractivity contribution in [1.29, 1.82) is 0 Å². The second-order valence-corrected chi connectivity index (χ2v) is 8.50. The zero-order valence-electron chi connectivity index (χ0n) is 16.6. The highest BCUT2D eigenvalue weighted by molar-refractivity contribution is 6.10. The number of fused-ring (bicyclic) bond motifs is 14. The van der Waals surface area contributed by atoms with E-state index in [2.05, 4.69) is 51.8 Å². The molecule has 0 radical (unpaired) electrons. The van der Waals surface area contributed by atoms with Crippen LogP contribution in [0.1, 0.15) is 22.4 Å². The average molecular weight is 396 g/mol. The fourth-order valence-electron chi connectivity index (χ4n) is 5.72. The van der Waals surface area contributed by atoms with Gasteiger partial charge in [0.05, 0.1) is 22.4 Å². The normalized spacial score (nSPS) is 13.5. The lowest BCUT2D eigenvalue weighted by Crippen LogP contribution is -1.96. The van der Waals surface area contributed by atoms with Crippen LogP contribution in [0.5, 0.6) is 0 Å². The highest BCUT2D eigenvalue weighted by Crippen LogP contribution is 2.48. The molecule has 0 N–H and O–H groups in total. The standard InChI is InChI=1S/C27H16N4/c1-2-5-17-15(4-1)12-16-7-8-19-20(24(16)17)13-22-26(19)31-23-6-3-10-29-25(23)18-9-11-28-14-21(18)27(31)30-22/h1-11,14H,12-13H2. The lowest BCUT2D eigenvalue weighted by molar-refractivity contribution is 1.16. The Morgan fingerprint density at radius 2 is 1.74 bits per heavy atom. The van der Waals surface area contributed by atoms with Gasteiger partial charge in [0.25, 0.3) is 0 Å². The van der Waals surface area contributed by atoms with Gasteiger partial charge in [-0.2, -0.15) is 0 Å². The largest absolute Gasteiger partial charge is 0.290 e. The summed E-state index contributed by atoms with van der Waals surface area (Å²) in [5.41, 5.74) is 13.8. The number of benzene rings is 2. The lowest BCUT2D eigenvalue weighted by Gasteiger charge is -2.12. The lowest BCUT2D eigenvalue weighted by atomic mass is 9.96. The Hall–Kier alpha value is -4.05. The zero-order valence-corrected chi connectivity index (χ0v) is 16.6. The van der Waals surface area contributed by atoms with Crippen LogP contribution in [0.15, 0.2) is 73.2 Å². The maximum absolute atomic E-state index is 5.16. The van der Waals surface area contributed by atoms with Gasteiger partial charge in [-0.3, -0.25) is 14.4 Å². The number of nitrogens with zero attached hydrogens (tertiary/aromatic N) is 4. The minimum Gasteiger partial charge on any atom is -0.290 e. The molecule has 0 aliphatic heterocycles. The van der Waals surface area contributed by atoms with Crippen LogP contribution in [0.2, 0.25) is 0 Å². The molecule has 2 aliphatic carbocycles. The number of aromatic nitrogens is 4. The first-order valence-electron chi connectivity index (χ1n) is 10.6. The summed E-state index contributed by atoms with van der Waals surface area (Å²) in [6.45, 7) is 0. The predicted molar refractivity (Wildman–Crippen MR) is 122 cm³/mol. The van der Waals surface area contributed by atoms with Gasteiger partial charge in [0.15, 0.2) is 0 Å². The second-order valence-electron chi connectivity index (χ2n) is 8.50. The summed E-state index contributed by atoms with van der Waals surface area (Å²) < 4.78 is 2.31. The summed E-state index contributed by atoms with van der Waals surface area (Å²) in [5, 5.41) is 2.15. The van der Waals surface area contributed by atoms with Crippen LogP contribution in [0.3, 0.4) is 0 Å². The first-order valence-corrected chi connectivity index (χ1v) is 10.6. The van der Waals surface area contributed by atoms with Crippen molar-refractivity contribution in [1.82, 2.24) is 19.4 Å². The third kappa shape index (κ3) is 1.84. The van der Waals surface area contributed by atoms with Crippen molar-refractivity contribution < 1.29 is 0 Å². The van der Waals surface area contributed by atoms with E-state index >= 15 is 0 Å². The molecule has 31 heavy (non-hydrogen) atoms. The van der Waals surface area contributed by atoms with Crippen molar-refractivity contribution in [2.45, 2.75) is 12.8 Å². The van der Waals surface area contributed by atoms with Crippen LogP contribution < -0.4 is 0 Å². The van der Waals surface area contributed by atoms with Crippen molar-refractivity contribution in [3.8, 4) is 22.4 Å². The predicted octanol–water partition coefficient (Wildman–Crippen LogP) is 5.57. The van der Waals surface area contributed by atoms with Crippen LogP contribution in [0.4, 0.5) is 0 Å². The van der Waals surface area contributed by atoms with Crippen LogP contribution in [-0.2, 0) is 12.8 Å². The molecule has 0 spiro atoms. The molecular weight excluding hydrogens is 380 g/mol. The summed E-state index contributed by atoms with van der Waals surface area (Å²) in [5.74, 6) is 0. The molecule has 0 saturated heterocycles. The molecule has 0 unspecified atom stereocenters. The van der Waals surface area contributed by atoms with Crippen molar-refractivity contribution in [2.75, 3.05) is 0 Å². The maximum Gasteiger partial charge on any atom is 0.147 e. The van der Waals surface area contributed by atoms with Crippen molar-refractivity contribution >= 4 is 27.5 Å². The quantitative estimate of drug-likeness (QED) is 0.315. The average Bonchev–Trinajstić information content (AvgIpc) is 3.48. The molecule has 4 nitrogen and oxygen atoms in total. The van der Waals surface area contributed by atoms with Crippen LogP contribution in [-0.4, -0.2) is 19.4 Å². The van der Waals surface area contributed by atoms with Gasteiger partial charge in [0, 0.05) is 41.3 Å². The molecule has 0 bridgehead atoms. The SMILES string of the molecule is c1ccc2c(c1)Cc1ccc3c(c1-2)Cc1nc2c4cnccc4c4ncccc4n2c1-3. The fraction of sp³-hybridized carbons (Fsp3) is 0.0741. The van der Waals surface area contributed by atoms with Gasteiger partial charge in [0.1, 0.15) is 5.65 Å². The summed E-state index contributed by atoms with van der Waals surface area (Å²) in [4.78, 5) is 14.3.